The highest BCUT2D eigenvalue weighted by molar-refractivity contribution is 7.99. The SMILES string of the molecule is CC1(C)Cc2c(sc(NC(=O)CCSc3ccccc3)c2-c2nc3ccccc3s2)C(C)(C)N1. The number of amides is 1. The molecule has 4 nitrogen and oxygen atoms in total. The van der Waals surface area contributed by atoms with Crippen molar-refractivity contribution in [1.82, 2.24) is 10.3 Å². The third kappa shape index (κ3) is 4.80. The summed E-state index contributed by atoms with van der Waals surface area (Å²) < 4.78 is 1.17. The fourth-order valence-electron chi connectivity index (χ4n) is 4.79. The lowest BCUT2D eigenvalue weighted by molar-refractivity contribution is -0.115. The van der Waals surface area contributed by atoms with E-state index < -0.39 is 0 Å². The number of thiophene rings is 1. The second-order valence-corrected chi connectivity index (χ2v) is 13.1. The van der Waals surface area contributed by atoms with Crippen LogP contribution in [0.5, 0.6) is 0 Å². The van der Waals surface area contributed by atoms with Crippen molar-refractivity contribution in [3.63, 3.8) is 0 Å². The zero-order valence-corrected chi connectivity index (χ0v) is 22.3. The van der Waals surface area contributed by atoms with Crippen molar-refractivity contribution in [1.29, 1.82) is 0 Å². The summed E-state index contributed by atoms with van der Waals surface area (Å²) in [5.74, 6) is 0.798. The first-order valence-electron chi connectivity index (χ1n) is 11.5. The number of thioether (sulfide) groups is 1. The number of benzene rings is 2. The van der Waals surface area contributed by atoms with E-state index in [4.69, 9.17) is 4.98 Å². The quantitative estimate of drug-likeness (QED) is 0.269. The predicted molar refractivity (Wildman–Crippen MR) is 147 cm³/mol. The Kier molecular flexibility index (Phi) is 6.31. The van der Waals surface area contributed by atoms with Crippen LogP contribution in [0.15, 0.2) is 59.5 Å². The topological polar surface area (TPSA) is 54.0 Å². The number of hydrogen-bond donors (Lipinski definition) is 2. The summed E-state index contributed by atoms with van der Waals surface area (Å²) in [6.07, 6.45) is 1.36. The molecule has 0 atom stereocenters. The molecule has 2 aromatic carbocycles. The van der Waals surface area contributed by atoms with E-state index in [1.807, 2.05) is 24.3 Å². The summed E-state index contributed by atoms with van der Waals surface area (Å²) in [4.78, 5) is 20.5. The van der Waals surface area contributed by atoms with E-state index in [1.165, 1.54) is 20.0 Å². The van der Waals surface area contributed by atoms with Gasteiger partial charge in [0.15, 0.2) is 0 Å². The molecule has 1 aliphatic heterocycles. The first kappa shape index (κ1) is 23.5. The molecule has 5 rings (SSSR count). The Bertz CT molecular complexity index is 1300. The number of nitrogens with one attached hydrogen (secondary N) is 2. The highest BCUT2D eigenvalue weighted by atomic mass is 32.2. The molecule has 0 fully saturated rings. The molecule has 0 saturated heterocycles. The van der Waals surface area contributed by atoms with Gasteiger partial charge in [0, 0.05) is 38.6 Å². The molecule has 34 heavy (non-hydrogen) atoms. The Morgan fingerprint density at radius 3 is 2.56 bits per heavy atom. The first-order chi connectivity index (χ1) is 16.2. The van der Waals surface area contributed by atoms with Gasteiger partial charge in [-0.2, -0.15) is 0 Å². The normalized spacial score (nSPS) is 16.4. The summed E-state index contributed by atoms with van der Waals surface area (Å²) in [5, 5.41) is 8.97. The molecule has 7 heteroatoms. The van der Waals surface area contributed by atoms with Gasteiger partial charge in [-0.3, -0.25) is 4.79 Å². The lowest BCUT2D eigenvalue weighted by atomic mass is 9.81. The Hall–Kier alpha value is -2.19. The van der Waals surface area contributed by atoms with Crippen LogP contribution in [-0.2, 0) is 16.8 Å². The van der Waals surface area contributed by atoms with Gasteiger partial charge in [-0.25, -0.2) is 4.98 Å². The summed E-state index contributed by atoms with van der Waals surface area (Å²) in [6, 6.07) is 18.5. The van der Waals surface area contributed by atoms with E-state index in [-0.39, 0.29) is 17.0 Å². The molecule has 2 N–H and O–H groups in total. The molecule has 2 aromatic heterocycles. The lowest BCUT2D eigenvalue weighted by Gasteiger charge is -2.42. The molecule has 176 valence electrons. The second kappa shape index (κ2) is 9.11. The number of aromatic nitrogens is 1. The third-order valence-corrected chi connectivity index (χ3v) is 9.48. The Morgan fingerprint density at radius 1 is 1.06 bits per heavy atom. The van der Waals surface area contributed by atoms with Gasteiger partial charge in [-0.15, -0.1) is 34.4 Å². The van der Waals surface area contributed by atoms with Crippen LogP contribution in [-0.4, -0.2) is 22.2 Å². The van der Waals surface area contributed by atoms with Crippen molar-refractivity contribution in [2.24, 2.45) is 0 Å². The molecule has 4 aromatic rings. The Labute approximate surface area is 213 Å². The maximum absolute atomic E-state index is 13.0. The van der Waals surface area contributed by atoms with Crippen LogP contribution in [0.4, 0.5) is 5.00 Å². The minimum Gasteiger partial charge on any atom is -0.317 e. The van der Waals surface area contributed by atoms with Gasteiger partial charge in [0.05, 0.1) is 10.2 Å². The summed E-state index contributed by atoms with van der Waals surface area (Å²) in [6.45, 7) is 8.95. The van der Waals surface area contributed by atoms with Gasteiger partial charge < -0.3 is 10.6 Å². The monoisotopic (exact) mass is 507 g/mol. The molecule has 0 radical (unpaired) electrons. The van der Waals surface area contributed by atoms with E-state index >= 15 is 0 Å². The zero-order valence-electron chi connectivity index (χ0n) is 19.9. The number of anilines is 1. The number of rotatable bonds is 6. The molecule has 1 amide bonds. The molecular formula is C27H29N3OS3. The largest absolute Gasteiger partial charge is 0.317 e. The molecule has 0 unspecified atom stereocenters. The first-order valence-corrected chi connectivity index (χ1v) is 14.1. The summed E-state index contributed by atoms with van der Waals surface area (Å²) in [5.41, 5.74) is 3.20. The van der Waals surface area contributed by atoms with Crippen molar-refractivity contribution in [2.75, 3.05) is 11.1 Å². The molecular weight excluding hydrogens is 479 g/mol. The Morgan fingerprint density at radius 2 is 1.79 bits per heavy atom. The van der Waals surface area contributed by atoms with E-state index in [1.54, 1.807) is 34.4 Å². The molecule has 0 bridgehead atoms. The van der Waals surface area contributed by atoms with Crippen LogP contribution >= 0.6 is 34.4 Å². The molecule has 1 aliphatic rings. The number of thiazole rings is 1. The molecule has 0 saturated carbocycles. The number of carbonyl (C=O) groups excluding carboxylic acids is 1. The summed E-state index contributed by atoms with van der Waals surface area (Å²) in [7, 11) is 0. The lowest BCUT2D eigenvalue weighted by Crippen LogP contribution is -2.54. The van der Waals surface area contributed by atoms with Crippen LogP contribution in [0, 0.1) is 0 Å². The maximum Gasteiger partial charge on any atom is 0.225 e. The van der Waals surface area contributed by atoms with Gasteiger partial charge in [-0.05, 0) is 63.9 Å². The molecule has 0 aliphatic carbocycles. The highest BCUT2D eigenvalue weighted by Gasteiger charge is 2.41. The van der Waals surface area contributed by atoms with E-state index in [0.717, 1.165) is 33.3 Å². The van der Waals surface area contributed by atoms with Gasteiger partial charge in [-0.1, -0.05) is 30.3 Å². The van der Waals surface area contributed by atoms with Crippen LogP contribution in [0.2, 0.25) is 0 Å². The van der Waals surface area contributed by atoms with Crippen molar-refractivity contribution in [2.45, 2.75) is 56.5 Å². The minimum atomic E-state index is -0.181. The average molecular weight is 508 g/mol. The number of para-hydroxylation sites is 1. The van der Waals surface area contributed by atoms with Crippen LogP contribution in [0.25, 0.3) is 20.8 Å². The summed E-state index contributed by atoms with van der Waals surface area (Å²) >= 11 is 5.11. The van der Waals surface area contributed by atoms with Gasteiger partial charge in [0.25, 0.3) is 0 Å². The standard InChI is InChI=1S/C27H29N3OS3/c1-26(2)16-18-22(24-28-19-12-8-9-13-20(19)33-24)25(34-23(18)27(3,4)30-26)29-21(31)14-15-32-17-10-6-5-7-11-17/h5-13,30H,14-16H2,1-4H3,(H,29,31). The Balaban J connectivity index is 1.48. The number of nitrogens with zero attached hydrogens (tertiary/aromatic N) is 1. The predicted octanol–water partition coefficient (Wildman–Crippen LogP) is 7.31. The van der Waals surface area contributed by atoms with E-state index in [0.29, 0.717) is 6.42 Å². The van der Waals surface area contributed by atoms with E-state index in [2.05, 4.69) is 68.7 Å². The molecule has 3 heterocycles. The van der Waals surface area contributed by atoms with E-state index in [9.17, 15) is 4.79 Å². The van der Waals surface area contributed by atoms with Gasteiger partial charge in [0.2, 0.25) is 5.91 Å². The molecule has 0 spiro atoms. The third-order valence-electron chi connectivity index (χ3n) is 5.95. The van der Waals surface area contributed by atoms with Crippen LogP contribution in [0.1, 0.15) is 44.6 Å². The number of carbonyl (C=O) groups is 1. The zero-order chi connectivity index (χ0) is 23.9. The number of fused-ring (bicyclic) bond motifs is 2. The number of hydrogen-bond acceptors (Lipinski definition) is 6. The fourth-order valence-corrected chi connectivity index (χ4v) is 8.06. The smallest absolute Gasteiger partial charge is 0.225 e. The highest BCUT2D eigenvalue weighted by Crippen LogP contribution is 2.50. The van der Waals surface area contributed by atoms with Crippen molar-refractivity contribution in [3.8, 4) is 10.6 Å². The van der Waals surface area contributed by atoms with Crippen molar-refractivity contribution >= 4 is 55.6 Å². The minimum absolute atomic E-state index is 0.0450. The second-order valence-electron chi connectivity index (χ2n) is 9.87. The van der Waals surface area contributed by atoms with Gasteiger partial charge >= 0.3 is 0 Å². The fraction of sp³-hybridized carbons (Fsp3) is 0.333. The van der Waals surface area contributed by atoms with Crippen LogP contribution < -0.4 is 10.6 Å². The van der Waals surface area contributed by atoms with Crippen molar-refractivity contribution in [3.05, 3.63) is 65.0 Å². The van der Waals surface area contributed by atoms with Crippen LogP contribution in [0.3, 0.4) is 0 Å². The average Bonchev–Trinajstić information content (AvgIpc) is 3.34. The maximum atomic E-state index is 13.0. The van der Waals surface area contributed by atoms with Crippen molar-refractivity contribution < 1.29 is 4.79 Å². The van der Waals surface area contributed by atoms with Gasteiger partial charge in [0.1, 0.15) is 10.0 Å².